The number of ether oxygens (including phenoxy) is 1. The maximum Gasteiger partial charge on any atom is 0.456 e. The van der Waals surface area contributed by atoms with Crippen LogP contribution < -0.4 is 15.2 Å². The first-order valence-corrected chi connectivity index (χ1v) is 9.79. The highest BCUT2D eigenvalue weighted by molar-refractivity contribution is 7.99. The molecule has 0 aliphatic heterocycles. The zero-order valence-corrected chi connectivity index (χ0v) is 17.8. The molecule has 2 aromatic heterocycles. The summed E-state index contributed by atoms with van der Waals surface area (Å²) >= 11 is 1.36. The van der Waals surface area contributed by atoms with Crippen LogP contribution in [0.3, 0.4) is 0 Å². The van der Waals surface area contributed by atoms with E-state index in [1.54, 1.807) is 13.1 Å². The number of rotatable bonds is 7. The van der Waals surface area contributed by atoms with Crippen LogP contribution in [-0.2, 0) is 11.8 Å². The van der Waals surface area contributed by atoms with Gasteiger partial charge in [-0.15, -0.1) is 11.8 Å². The fourth-order valence-corrected chi connectivity index (χ4v) is 3.12. The smallest absolute Gasteiger partial charge is 0.456 e. The third-order valence-electron chi connectivity index (χ3n) is 4.17. The number of hydrogen-bond donors (Lipinski definition) is 0. The summed E-state index contributed by atoms with van der Waals surface area (Å²) < 4.78 is 68.4. The van der Waals surface area contributed by atoms with Crippen molar-refractivity contribution in [3.8, 4) is 17.3 Å². The molecule has 0 atom stereocenters. The molecule has 2 rings (SSSR count). The van der Waals surface area contributed by atoms with Gasteiger partial charge in [-0.25, -0.2) is 9.97 Å². The summed E-state index contributed by atoms with van der Waals surface area (Å²) in [7, 11) is 2.83. The Balaban J connectivity index is 2.43. The van der Waals surface area contributed by atoms with E-state index in [9.17, 15) is 31.5 Å². The van der Waals surface area contributed by atoms with Gasteiger partial charge in [0.1, 0.15) is 5.69 Å². The Morgan fingerprint density at radius 2 is 1.87 bits per heavy atom. The lowest BCUT2D eigenvalue weighted by Gasteiger charge is -2.20. The summed E-state index contributed by atoms with van der Waals surface area (Å²) in [6.45, 7) is 1.21. The molecule has 2 heterocycles. The van der Waals surface area contributed by atoms with Crippen LogP contribution in [0.25, 0.3) is 11.5 Å². The summed E-state index contributed by atoms with van der Waals surface area (Å²) in [5.74, 6) is -5.42. The number of carbonyl (C=O) groups is 1. The molecule has 7 nitrogen and oxygen atoms in total. The lowest BCUT2D eigenvalue weighted by atomic mass is 10.3. The van der Waals surface area contributed by atoms with Gasteiger partial charge in [-0.05, 0) is 11.8 Å². The Hall–Kier alpha value is -2.70. The molecule has 0 N–H and O–H groups in total. The predicted octanol–water partition coefficient (Wildman–Crippen LogP) is 3.51. The number of pyridine rings is 1. The summed E-state index contributed by atoms with van der Waals surface area (Å²) in [5, 5.41) is 0. The van der Waals surface area contributed by atoms with Crippen LogP contribution in [0.5, 0.6) is 5.75 Å². The van der Waals surface area contributed by atoms with Crippen LogP contribution in [-0.4, -0.2) is 51.9 Å². The molecular weight excluding hydrogens is 447 g/mol. The minimum atomic E-state index is -5.81. The maximum atomic E-state index is 13.1. The van der Waals surface area contributed by atoms with E-state index in [1.165, 1.54) is 36.8 Å². The first-order valence-electron chi connectivity index (χ1n) is 8.81. The van der Waals surface area contributed by atoms with E-state index in [2.05, 4.69) is 14.7 Å². The number of carbonyl (C=O) groups excluding carboxylic acids is 1. The van der Waals surface area contributed by atoms with Gasteiger partial charge in [0.05, 0.1) is 18.1 Å². The third-order valence-corrected chi connectivity index (χ3v) is 5.08. The minimum absolute atomic E-state index is 0.0490. The number of thioether (sulfide) groups is 1. The normalized spacial score (nSPS) is 12.0. The number of amides is 1. The second-order valence-corrected chi connectivity index (χ2v) is 7.66. The average molecular weight is 466 g/mol. The Labute approximate surface area is 178 Å². The molecule has 0 aromatic carbocycles. The maximum absolute atomic E-state index is 13.1. The fraction of sp³-hybridized carbons (Fsp3) is 0.444. The van der Waals surface area contributed by atoms with Crippen LogP contribution in [0.1, 0.15) is 13.8 Å². The quantitative estimate of drug-likeness (QED) is 0.459. The van der Waals surface area contributed by atoms with E-state index >= 15 is 0 Å². The summed E-state index contributed by atoms with van der Waals surface area (Å²) in [6.07, 6.45) is -3.63. The number of hydrogen-bond acceptors (Lipinski definition) is 6. The lowest BCUT2D eigenvalue weighted by molar-refractivity contribution is -0.290. The lowest BCUT2D eigenvalue weighted by Crippen LogP contribution is -2.42. The van der Waals surface area contributed by atoms with Crippen molar-refractivity contribution in [2.24, 2.45) is 7.05 Å². The second-order valence-electron chi connectivity index (χ2n) is 6.35. The van der Waals surface area contributed by atoms with Gasteiger partial charge >= 0.3 is 12.1 Å². The number of anilines is 1. The van der Waals surface area contributed by atoms with Crippen molar-refractivity contribution in [1.29, 1.82) is 0 Å². The standard InChI is InChI=1S/C18H19F5N4O3S/c1-5-31-13-6-11(26(3)10(2)28)7-24-14(13)15-25-8-12(16(29)27(15)4)30-9-17(19,20)18(21,22)23/h6-8H,5,9H2,1-4H3. The van der Waals surface area contributed by atoms with E-state index in [0.29, 0.717) is 16.3 Å². The Morgan fingerprint density at radius 3 is 2.42 bits per heavy atom. The van der Waals surface area contributed by atoms with Crippen molar-refractivity contribution < 1.29 is 31.5 Å². The van der Waals surface area contributed by atoms with E-state index in [4.69, 9.17) is 0 Å². The van der Waals surface area contributed by atoms with Gasteiger partial charge in [0.2, 0.25) is 11.7 Å². The van der Waals surface area contributed by atoms with Crippen molar-refractivity contribution in [3.63, 3.8) is 0 Å². The largest absolute Gasteiger partial charge is 0.480 e. The molecule has 0 bridgehead atoms. The van der Waals surface area contributed by atoms with Crippen molar-refractivity contribution in [1.82, 2.24) is 14.5 Å². The molecule has 0 saturated heterocycles. The van der Waals surface area contributed by atoms with Crippen molar-refractivity contribution in [3.05, 3.63) is 28.8 Å². The van der Waals surface area contributed by atoms with Crippen LogP contribution in [0, 0.1) is 0 Å². The molecule has 31 heavy (non-hydrogen) atoms. The highest BCUT2D eigenvalue weighted by atomic mass is 32.2. The zero-order valence-electron chi connectivity index (χ0n) is 17.0. The average Bonchev–Trinajstić information content (AvgIpc) is 2.68. The van der Waals surface area contributed by atoms with Gasteiger partial charge in [0, 0.05) is 25.9 Å². The molecule has 1 amide bonds. The Bertz CT molecular complexity index is 1030. The predicted molar refractivity (Wildman–Crippen MR) is 105 cm³/mol. The second kappa shape index (κ2) is 9.20. The Morgan fingerprint density at radius 1 is 1.23 bits per heavy atom. The van der Waals surface area contributed by atoms with Gasteiger partial charge in [-0.2, -0.15) is 22.0 Å². The number of alkyl halides is 5. The monoisotopic (exact) mass is 466 g/mol. The van der Waals surface area contributed by atoms with E-state index in [0.717, 1.165) is 10.8 Å². The highest BCUT2D eigenvalue weighted by Gasteiger charge is 2.58. The van der Waals surface area contributed by atoms with Crippen molar-refractivity contribution in [2.75, 3.05) is 24.3 Å². The van der Waals surface area contributed by atoms with Crippen molar-refractivity contribution >= 4 is 23.4 Å². The van der Waals surface area contributed by atoms with Crippen LogP contribution >= 0.6 is 11.8 Å². The van der Waals surface area contributed by atoms with Gasteiger partial charge in [-0.3, -0.25) is 14.2 Å². The molecule has 0 saturated carbocycles. The molecule has 13 heteroatoms. The number of aromatic nitrogens is 3. The van der Waals surface area contributed by atoms with E-state index < -0.39 is 30.0 Å². The number of nitrogens with zero attached hydrogens (tertiary/aromatic N) is 4. The molecule has 0 fully saturated rings. The molecule has 170 valence electrons. The van der Waals surface area contributed by atoms with Crippen molar-refractivity contribution in [2.45, 2.75) is 30.8 Å². The zero-order chi connectivity index (χ0) is 23.6. The van der Waals surface area contributed by atoms with Gasteiger partial charge in [-0.1, -0.05) is 6.92 Å². The summed E-state index contributed by atoms with van der Waals surface area (Å²) in [6, 6.07) is 1.68. The molecule has 0 unspecified atom stereocenters. The molecule has 0 radical (unpaired) electrons. The first-order chi connectivity index (χ1) is 14.3. The Kier molecular flexibility index (Phi) is 7.29. The van der Waals surface area contributed by atoms with Crippen LogP contribution in [0.15, 0.2) is 28.2 Å². The highest BCUT2D eigenvalue weighted by Crippen LogP contribution is 2.36. The SMILES string of the molecule is CCSc1cc(N(C)C(C)=O)cnc1-c1ncc(OCC(F)(F)C(F)(F)F)c(=O)n1C. The van der Waals surface area contributed by atoms with Crippen LogP contribution in [0.4, 0.5) is 27.6 Å². The first kappa shape index (κ1) is 24.6. The number of halogens is 5. The van der Waals surface area contributed by atoms with Crippen LogP contribution in [0.2, 0.25) is 0 Å². The summed E-state index contributed by atoms with van der Waals surface area (Å²) in [4.78, 5) is 34.3. The molecule has 2 aromatic rings. The van der Waals surface area contributed by atoms with Gasteiger partial charge < -0.3 is 9.64 Å². The van der Waals surface area contributed by atoms with Gasteiger partial charge in [0.25, 0.3) is 5.56 Å². The molecule has 0 aliphatic carbocycles. The summed E-state index contributed by atoms with van der Waals surface area (Å²) in [5.41, 5.74) is -0.173. The molecular formula is C18H19F5N4O3S. The molecule has 0 aliphatic rings. The van der Waals surface area contributed by atoms with E-state index in [-0.39, 0.29) is 17.4 Å². The third kappa shape index (κ3) is 5.32. The van der Waals surface area contributed by atoms with E-state index in [1.807, 2.05) is 6.92 Å². The molecule has 0 spiro atoms. The van der Waals surface area contributed by atoms with Gasteiger partial charge in [0.15, 0.2) is 12.4 Å². The fourth-order valence-electron chi connectivity index (χ4n) is 2.33. The topological polar surface area (TPSA) is 77.3 Å². The minimum Gasteiger partial charge on any atom is -0.480 e.